The molecule has 0 radical (unpaired) electrons. The fourth-order valence-corrected chi connectivity index (χ4v) is 3.54. The zero-order valence-corrected chi connectivity index (χ0v) is 13.2. The minimum absolute atomic E-state index is 0.133. The van der Waals surface area contributed by atoms with E-state index in [2.05, 4.69) is 27.3 Å². The van der Waals surface area contributed by atoms with Gasteiger partial charge in [-0.15, -0.1) is 0 Å². The quantitative estimate of drug-likeness (QED) is 0.627. The van der Waals surface area contributed by atoms with Crippen LogP contribution in [0.3, 0.4) is 0 Å². The van der Waals surface area contributed by atoms with Crippen molar-refractivity contribution < 1.29 is 8.42 Å². The fourth-order valence-electron chi connectivity index (χ4n) is 1.77. The Bertz CT molecular complexity index is 677. The van der Waals surface area contributed by atoms with Crippen LogP contribution in [0, 0.1) is 10.5 Å². The fraction of sp³-hybridized carbons (Fsp3) is 0.0769. The molecule has 0 saturated carbocycles. The van der Waals surface area contributed by atoms with Gasteiger partial charge in [-0.1, -0.05) is 12.1 Å². The van der Waals surface area contributed by atoms with E-state index in [0.29, 0.717) is 11.3 Å². The smallest absolute Gasteiger partial charge is 0.264 e. The third-order valence-electron chi connectivity index (χ3n) is 2.61. The first-order valence-corrected chi connectivity index (χ1v) is 8.10. The number of nitrogens with two attached hydrogens (primary N) is 1. The molecular weight excluding hydrogens is 375 g/mol. The van der Waals surface area contributed by atoms with Crippen LogP contribution in [0.25, 0.3) is 0 Å². The summed E-state index contributed by atoms with van der Waals surface area (Å²) in [6.07, 6.45) is 0. The summed E-state index contributed by atoms with van der Waals surface area (Å²) in [7, 11) is -3.66. The van der Waals surface area contributed by atoms with E-state index in [4.69, 9.17) is 5.73 Å². The van der Waals surface area contributed by atoms with Gasteiger partial charge in [-0.05, 0) is 65.4 Å². The van der Waals surface area contributed by atoms with E-state index in [1.807, 2.05) is 12.1 Å². The van der Waals surface area contributed by atoms with Gasteiger partial charge in [0.05, 0.1) is 5.69 Å². The van der Waals surface area contributed by atoms with Crippen LogP contribution in [0.15, 0.2) is 47.4 Å². The Hall–Kier alpha value is -1.28. The Kier molecular flexibility index (Phi) is 4.00. The van der Waals surface area contributed by atoms with Gasteiger partial charge >= 0.3 is 0 Å². The highest BCUT2D eigenvalue weighted by atomic mass is 127. The molecule has 6 heteroatoms. The number of nitrogen functional groups attached to an aromatic ring is 1. The van der Waals surface area contributed by atoms with Gasteiger partial charge in [0.1, 0.15) is 4.90 Å². The first-order chi connectivity index (χ1) is 8.90. The van der Waals surface area contributed by atoms with Crippen LogP contribution < -0.4 is 10.5 Å². The van der Waals surface area contributed by atoms with Crippen molar-refractivity contribution in [3.05, 3.63) is 51.6 Å². The number of hydrogen-bond acceptors (Lipinski definition) is 3. The number of hydrogen-bond donors (Lipinski definition) is 2. The first kappa shape index (κ1) is 14.1. The number of halogens is 1. The van der Waals surface area contributed by atoms with Gasteiger partial charge in [0.15, 0.2) is 0 Å². The van der Waals surface area contributed by atoms with Crippen molar-refractivity contribution in [2.45, 2.75) is 11.8 Å². The molecule has 2 rings (SSSR count). The van der Waals surface area contributed by atoms with Crippen molar-refractivity contribution in [2.24, 2.45) is 0 Å². The monoisotopic (exact) mass is 388 g/mol. The van der Waals surface area contributed by atoms with Gasteiger partial charge in [-0.3, -0.25) is 4.72 Å². The van der Waals surface area contributed by atoms with E-state index in [1.54, 1.807) is 37.3 Å². The number of benzene rings is 2. The largest absolute Gasteiger partial charge is 0.398 e. The van der Waals surface area contributed by atoms with Crippen LogP contribution in [-0.4, -0.2) is 8.42 Å². The normalized spacial score (nSPS) is 11.3. The highest BCUT2D eigenvalue weighted by molar-refractivity contribution is 14.1. The predicted molar refractivity (Wildman–Crippen MR) is 85.6 cm³/mol. The van der Waals surface area contributed by atoms with Crippen LogP contribution in [0.5, 0.6) is 0 Å². The van der Waals surface area contributed by atoms with Crippen molar-refractivity contribution in [1.82, 2.24) is 0 Å². The minimum atomic E-state index is -3.66. The lowest BCUT2D eigenvalue weighted by molar-refractivity contribution is 0.601. The van der Waals surface area contributed by atoms with Crippen LogP contribution in [0.2, 0.25) is 0 Å². The Morgan fingerprint density at radius 2 is 1.74 bits per heavy atom. The third kappa shape index (κ3) is 3.19. The SMILES string of the molecule is Cc1cccc(N)c1S(=O)(=O)Nc1ccc(I)cc1. The van der Waals surface area contributed by atoms with Crippen molar-refractivity contribution >= 4 is 44.0 Å². The molecule has 0 aliphatic heterocycles. The van der Waals surface area contributed by atoms with Gasteiger partial charge < -0.3 is 5.73 Å². The molecule has 2 aromatic rings. The minimum Gasteiger partial charge on any atom is -0.398 e. The summed E-state index contributed by atoms with van der Waals surface area (Å²) in [6.45, 7) is 1.72. The summed E-state index contributed by atoms with van der Waals surface area (Å²) in [4.78, 5) is 0.133. The molecule has 0 saturated heterocycles. The maximum Gasteiger partial charge on any atom is 0.264 e. The topological polar surface area (TPSA) is 72.2 Å². The highest BCUT2D eigenvalue weighted by Crippen LogP contribution is 2.25. The van der Waals surface area contributed by atoms with E-state index < -0.39 is 10.0 Å². The number of rotatable bonds is 3. The lowest BCUT2D eigenvalue weighted by atomic mass is 10.2. The maximum atomic E-state index is 12.3. The van der Waals surface area contributed by atoms with Crippen molar-refractivity contribution in [2.75, 3.05) is 10.5 Å². The summed E-state index contributed by atoms with van der Waals surface area (Å²) in [5, 5.41) is 0. The second-order valence-corrected chi connectivity index (χ2v) is 6.97. The van der Waals surface area contributed by atoms with Gasteiger partial charge in [-0.25, -0.2) is 8.42 Å². The Morgan fingerprint density at radius 3 is 2.32 bits per heavy atom. The van der Waals surface area contributed by atoms with Crippen molar-refractivity contribution in [1.29, 1.82) is 0 Å². The molecule has 4 nitrogen and oxygen atoms in total. The van der Waals surface area contributed by atoms with Gasteiger partial charge in [0, 0.05) is 9.26 Å². The maximum absolute atomic E-state index is 12.3. The number of anilines is 2. The molecule has 3 N–H and O–H groups in total. The molecule has 0 bridgehead atoms. The standard InChI is InChI=1S/C13H13IN2O2S/c1-9-3-2-4-12(15)13(9)19(17,18)16-11-7-5-10(14)6-8-11/h2-8,16H,15H2,1H3. The zero-order valence-electron chi connectivity index (χ0n) is 10.2. The van der Waals surface area contributed by atoms with E-state index in [1.165, 1.54) is 0 Å². The molecule has 0 heterocycles. The summed E-state index contributed by atoms with van der Waals surface area (Å²) in [5.74, 6) is 0. The Labute approximate surface area is 126 Å². The van der Waals surface area contributed by atoms with Gasteiger partial charge in [-0.2, -0.15) is 0 Å². The molecule has 0 aliphatic rings. The molecule has 0 aliphatic carbocycles. The lowest BCUT2D eigenvalue weighted by Gasteiger charge is -2.12. The number of nitrogens with one attached hydrogen (secondary N) is 1. The Morgan fingerprint density at radius 1 is 1.11 bits per heavy atom. The summed E-state index contributed by atoms with van der Waals surface area (Å²) >= 11 is 2.16. The van der Waals surface area contributed by atoms with E-state index in [9.17, 15) is 8.42 Å². The molecule has 0 aromatic heterocycles. The summed E-state index contributed by atoms with van der Waals surface area (Å²) in [5.41, 5.74) is 7.15. The molecule has 100 valence electrons. The van der Waals surface area contributed by atoms with E-state index in [0.717, 1.165) is 3.57 Å². The van der Waals surface area contributed by atoms with Crippen molar-refractivity contribution in [3.8, 4) is 0 Å². The van der Waals surface area contributed by atoms with Crippen molar-refractivity contribution in [3.63, 3.8) is 0 Å². The predicted octanol–water partition coefficient (Wildman–Crippen LogP) is 2.98. The third-order valence-corrected chi connectivity index (χ3v) is 4.93. The van der Waals surface area contributed by atoms with Crippen LogP contribution in [0.1, 0.15) is 5.56 Å². The second-order valence-electron chi connectivity index (χ2n) is 4.11. The first-order valence-electron chi connectivity index (χ1n) is 5.53. The van der Waals surface area contributed by atoms with Crippen LogP contribution in [-0.2, 0) is 10.0 Å². The van der Waals surface area contributed by atoms with Gasteiger partial charge in [0.25, 0.3) is 10.0 Å². The highest BCUT2D eigenvalue weighted by Gasteiger charge is 2.19. The molecule has 0 amide bonds. The van der Waals surface area contributed by atoms with Crippen LogP contribution >= 0.6 is 22.6 Å². The average molecular weight is 388 g/mol. The molecule has 0 spiro atoms. The van der Waals surface area contributed by atoms with E-state index in [-0.39, 0.29) is 10.6 Å². The molecule has 19 heavy (non-hydrogen) atoms. The molecule has 0 atom stereocenters. The molecular formula is C13H13IN2O2S. The zero-order chi connectivity index (χ0) is 14.0. The van der Waals surface area contributed by atoms with Gasteiger partial charge in [0.2, 0.25) is 0 Å². The lowest BCUT2D eigenvalue weighted by Crippen LogP contribution is -2.16. The average Bonchev–Trinajstić information content (AvgIpc) is 2.31. The Balaban J connectivity index is 2.41. The summed E-state index contributed by atoms with van der Waals surface area (Å²) < 4.78 is 28.2. The molecule has 0 unspecified atom stereocenters. The van der Waals surface area contributed by atoms with E-state index >= 15 is 0 Å². The van der Waals surface area contributed by atoms with Crippen LogP contribution in [0.4, 0.5) is 11.4 Å². The molecule has 2 aromatic carbocycles. The second kappa shape index (κ2) is 5.38. The number of sulfonamides is 1. The number of aryl methyl sites for hydroxylation is 1. The summed E-state index contributed by atoms with van der Waals surface area (Å²) in [6, 6.07) is 12.1. The molecule has 0 fully saturated rings.